The molecule has 0 aliphatic heterocycles. The van der Waals surface area contributed by atoms with Gasteiger partial charge in [-0.15, -0.1) is 0 Å². The molecule has 0 aromatic carbocycles. The molecular weight excluding hydrogens is 237 g/mol. The van der Waals surface area contributed by atoms with E-state index in [9.17, 15) is 13.2 Å². The van der Waals surface area contributed by atoms with Crippen molar-refractivity contribution in [3.05, 3.63) is 23.9 Å². The molecule has 4 N–H and O–H groups in total. The number of alkyl halides is 3. The van der Waals surface area contributed by atoms with Crippen LogP contribution in [0.1, 0.15) is 5.56 Å². The molecule has 0 bridgehead atoms. The van der Waals surface area contributed by atoms with Crippen LogP contribution in [0.2, 0.25) is 0 Å². The molecule has 0 aliphatic rings. The maximum atomic E-state index is 11.9. The fourth-order valence-electron chi connectivity index (χ4n) is 0.966. The minimum Gasteiger partial charge on any atom is -0.468 e. The van der Waals surface area contributed by atoms with Gasteiger partial charge in [-0.05, 0) is 11.6 Å². The van der Waals surface area contributed by atoms with Crippen LogP contribution in [0.3, 0.4) is 0 Å². The van der Waals surface area contributed by atoms with Crippen molar-refractivity contribution in [3.63, 3.8) is 0 Å². The zero-order valence-corrected chi connectivity index (χ0v) is 8.74. The van der Waals surface area contributed by atoms with E-state index in [-0.39, 0.29) is 18.4 Å². The van der Waals surface area contributed by atoms with Crippen molar-refractivity contribution in [1.29, 1.82) is 0 Å². The number of nitrogens with two attached hydrogens (primary N) is 2. The first-order valence-electron chi connectivity index (χ1n) is 4.57. The molecule has 0 saturated heterocycles. The van der Waals surface area contributed by atoms with Crippen LogP contribution in [0.4, 0.5) is 13.2 Å². The Labute approximate surface area is 95.3 Å². The number of pyridine rings is 1. The van der Waals surface area contributed by atoms with Crippen molar-refractivity contribution in [2.75, 3.05) is 6.61 Å². The molecule has 0 amide bonds. The molecule has 0 atom stereocenters. The second kappa shape index (κ2) is 5.37. The Bertz CT molecular complexity index is 401. The minimum atomic E-state index is -4.39. The van der Waals surface area contributed by atoms with Gasteiger partial charge in [0.1, 0.15) is 0 Å². The maximum Gasteiger partial charge on any atom is 0.422 e. The van der Waals surface area contributed by atoms with Gasteiger partial charge < -0.3 is 16.2 Å². The first-order chi connectivity index (χ1) is 7.87. The number of nitrogens with zero attached hydrogens (tertiary/aromatic N) is 2. The van der Waals surface area contributed by atoms with E-state index in [1.165, 1.54) is 12.3 Å². The van der Waals surface area contributed by atoms with Crippen molar-refractivity contribution in [1.82, 2.24) is 4.98 Å². The van der Waals surface area contributed by atoms with Crippen LogP contribution in [0.25, 0.3) is 0 Å². The van der Waals surface area contributed by atoms with Gasteiger partial charge in [0, 0.05) is 12.3 Å². The highest BCUT2D eigenvalue weighted by atomic mass is 19.4. The van der Waals surface area contributed by atoms with Crippen molar-refractivity contribution >= 4 is 5.96 Å². The van der Waals surface area contributed by atoms with Crippen LogP contribution in [0, 0.1) is 0 Å². The van der Waals surface area contributed by atoms with Crippen molar-refractivity contribution in [2.24, 2.45) is 16.5 Å². The summed E-state index contributed by atoms with van der Waals surface area (Å²) in [6, 6.07) is 2.92. The minimum absolute atomic E-state index is 0.0976. The summed E-state index contributed by atoms with van der Waals surface area (Å²) in [5, 5.41) is 0. The lowest BCUT2D eigenvalue weighted by atomic mass is 10.3. The highest BCUT2D eigenvalue weighted by molar-refractivity contribution is 5.75. The third kappa shape index (κ3) is 5.59. The standard InChI is InChI=1S/C9H11F3N4O/c10-9(11,12)5-17-7-3-6(1-2-15-7)4-16-8(13)14/h1-3H,4-5H2,(H4,13,14,16). The average molecular weight is 248 g/mol. The molecule has 0 spiro atoms. The van der Waals surface area contributed by atoms with Crippen LogP contribution >= 0.6 is 0 Å². The van der Waals surface area contributed by atoms with E-state index in [2.05, 4.69) is 14.7 Å². The number of hydrogen-bond acceptors (Lipinski definition) is 3. The third-order valence-electron chi connectivity index (χ3n) is 1.63. The molecule has 0 aliphatic carbocycles. The zero-order valence-electron chi connectivity index (χ0n) is 8.74. The number of aromatic nitrogens is 1. The monoisotopic (exact) mass is 248 g/mol. The smallest absolute Gasteiger partial charge is 0.422 e. The highest BCUT2D eigenvalue weighted by Gasteiger charge is 2.28. The van der Waals surface area contributed by atoms with E-state index in [1.54, 1.807) is 6.07 Å². The number of rotatable bonds is 4. The fraction of sp³-hybridized carbons (Fsp3) is 0.333. The molecule has 1 rings (SSSR count). The number of aliphatic imine (C=N–C) groups is 1. The van der Waals surface area contributed by atoms with Crippen molar-refractivity contribution in [2.45, 2.75) is 12.7 Å². The molecular formula is C9H11F3N4O. The Morgan fingerprint density at radius 3 is 2.71 bits per heavy atom. The second-order valence-electron chi connectivity index (χ2n) is 3.15. The fourth-order valence-corrected chi connectivity index (χ4v) is 0.966. The quantitative estimate of drug-likeness (QED) is 0.609. The lowest BCUT2D eigenvalue weighted by Gasteiger charge is -2.08. The van der Waals surface area contributed by atoms with Crippen LogP contribution < -0.4 is 16.2 Å². The van der Waals surface area contributed by atoms with E-state index in [0.717, 1.165) is 0 Å². The zero-order chi connectivity index (χ0) is 12.9. The van der Waals surface area contributed by atoms with Gasteiger partial charge in [-0.2, -0.15) is 13.2 Å². The van der Waals surface area contributed by atoms with Gasteiger partial charge in [-0.1, -0.05) is 0 Å². The number of hydrogen-bond donors (Lipinski definition) is 2. The number of ether oxygens (including phenoxy) is 1. The van der Waals surface area contributed by atoms with Gasteiger partial charge in [0.25, 0.3) is 0 Å². The van der Waals surface area contributed by atoms with Gasteiger partial charge in [0.15, 0.2) is 12.6 Å². The van der Waals surface area contributed by atoms with Crippen molar-refractivity contribution < 1.29 is 17.9 Å². The summed E-state index contributed by atoms with van der Waals surface area (Å²) in [5.74, 6) is -0.217. The Kier molecular flexibility index (Phi) is 4.13. The van der Waals surface area contributed by atoms with Gasteiger partial charge >= 0.3 is 6.18 Å². The molecule has 17 heavy (non-hydrogen) atoms. The lowest BCUT2D eigenvalue weighted by molar-refractivity contribution is -0.154. The predicted molar refractivity (Wildman–Crippen MR) is 55.3 cm³/mol. The van der Waals surface area contributed by atoms with Gasteiger partial charge in [0.2, 0.25) is 5.88 Å². The summed E-state index contributed by atoms with van der Waals surface area (Å²) in [7, 11) is 0. The second-order valence-corrected chi connectivity index (χ2v) is 3.15. The largest absolute Gasteiger partial charge is 0.468 e. The van der Waals surface area contributed by atoms with Crippen molar-refractivity contribution in [3.8, 4) is 5.88 Å². The first kappa shape index (κ1) is 13.1. The molecule has 8 heteroatoms. The third-order valence-corrected chi connectivity index (χ3v) is 1.63. The summed E-state index contributed by atoms with van der Waals surface area (Å²) >= 11 is 0. The van der Waals surface area contributed by atoms with E-state index < -0.39 is 12.8 Å². The summed E-state index contributed by atoms with van der Waals surface area (Å²) in [6.07, 6.45) is -3.07. The summed E-state index contributed by atoms with van der Waals surface area (Å²) in [6.45, 7) is -1.22. The van der Waals surface area contributed by atoms with Crippen LogP contribution in [-0.4, -0.2) is 23.7 Å². The van der Waals surface area contributed by atoms with Gasteiger partial charge in [0.05, 0.1) is 6.54 Å². The summed E-state index contributed by atoms with van der Waals surface area (Å²) in [5.41, 5.74) is 10.9. The van der Waals surface area contributed by atoms with E-state index in [0.29, 0.717) is 5.56 Å². The van der Waals surface area contributed by atoms with Crippen LogP contribution in [-0.2, 0) is 6.54 Å². The lowest BCUT2D eigenvalue weighted by Crippen LogP contribution is -2.22. The molecule has 0 saturated carbocycles. The molecule has 0 fully saturated rings. The Hall–Kier alpha value is -1.99. The van der Waals surface area contributed by atoms with Crippen LogP contribution in [0.5, 0.6) is 5.88 Å². The van der Waals surface area contributed by atoms with Crippen LogP contribution in [0.15, 0.2) is 23.3 Å². The van der Waals surface area contributed by atoms with Gasteiger partial charge in [-0.25, -0.2) is 9.98 Å². The molecule has 0 unspecified atom stereocenters. The maximum absolute atomic E-state index is 11.9. The highest BCUT2D eigenvalue weighted by Crippen LogP contribution is 2.17. The normalized spacial score (nSPS) is 11.0. The molecule has 5 nitrogen and oxygen atoms in total. The van der Waals surface area contributed by atoms with E-state index in [4.69, 9.17) is 11.5 Å². The Morgan fingerprint density at radius 1 is 1.41 bits per heavy atom. The molecule has 0 radical (unpaired) electrons. The summed E-state index contributed by atoms with van der Waals surface area (Å²) in [4.78, 5) is 7.35. The molecule has 1 aromatic rings. The average Bonchev–Trinajstić information content (AvgIpc) is 2.23. The Balaban J connectivity index is 2.63. The molecule has 1 aromatic heterocycles. The Morgan fingerprint density at radius 2 is 2.12 bits per heavy atom. The SMILES string of the molecule is NC(N)=NCc1ccnc(OCC(F)(F)F)c1. The van der Waals surface area contributed by atoms with E-state index >= 15 is 0 Å². The number of guanidine groups is 1. The first-order valence-corrected chi connectivity index (χ1v) is 4.57. The molecule has 94 valence electrons. The topological polar surface area (TPSA) is 86.5 Å². The van der Waals surface area contributed by atoms with Gasteiger partial charge in [-0.3, -0.25) is 0 Å². The number of halogens is 3. The summed E-state index contributed by atoms with van der Waals surface area (Å²) < 4.78 is 40.1. The van der Waals surface area contributed by atoms with E-state index in [1.807, 2.05) is 0 Å². The molecule has 1 heterocycles. The predicted octanol–water partition coefficient (Wildman–Crippen LogP) is 0.796.